The van der Waals surface area contributed by atoms with Crippen molar-refractivity contribution in [3.8, 4) is 0 Å². The molecule has 0 aliphatic carbocycles. The number of carbonyl (C=O) groups excluding carboxylic acids is 3. The van der Waals surface area contributed by atoms with Crippen LogP contribution in [0.5, 0.6) is 0 Å². The highest BCUT2D eigenvalue weighted by Gasteiger charge is 2.19. The number of allylic oxidation sites excluding steroid dienone is 6. The van der Waals surface area contributed by atoms with Gasteiger partial charge >= 0.3 is 17.9 Å². The van der Waals surface area contributed by atoms with Gasteiger partial charge in [0.25, 0.3) is 0 Å². The molecule has 0 spiro atoms. The lowest BCUT2D eigenvalue weighted by Crippen LogP contribution is -2.30. The minimum absolute atomic E-state index is 0.0813. The van der Waals surface area contributed by atoms with Crippen molar-refractivity contribution in [1.29, 1.82) is 0 Å². The number of ether oxygens (including phenoxy) is 3. The van der Waals surface area contributed by atoms with E-state index < -0.39 is 6.10 Å². The van der Waals surface area contributed by atoms with E-state index in [0.29, 0.717) is 19.3 Å². The molecular formula is C45H80O6. The van der Waals surface area contributed by atoms with Gasteiger partial charge < -0.3 is 14.2 Å². The van der Waals surface area contributed by atoms with Crippen molar-refractivity contribution in [1.82, 2.24) is 0 Å². The van der Waals surface area contributed by atoms with Crippen LogP contribution in [-0.2, 0) is 28.6 Å². The van der Waals surface area contributed by atoms with Crippen LogP contribution in [0.15, 0.2) is 36.5 Å². The van der Waals surface area contributed by atoms with E-state index in [0.717, 1.165) is 77.0 Å². The van der Waals surface area contributed by atoms with Gasteiger partial charge in [0.15, 0.2) is 6.10 Å². The first kappa shape index (κ1) is 48.6. The molecule has 0 saturated heterocycles. The summed E-state index contributed by atoms with van der Waals surface area (Å²) in [6.07, 6.45) is 44.1. The summed E-state index contributed by atoms with van der Waals surface area (Å²) in [7, 11) is 0. The normalized spacial score (nSPS) is 12.3. The minimum atomic E-state index is -0.778. The molecule has 0 aromatic heterocycles. The largest absolute Gasteiger partial charge is 0.462 e. The third-order valence-corrected chi connectivity index (χ3v) is 9.16. The molecule has 1 unspecified atom stereocenters. The Bertz CT molecular complexity index is 876. The summed E-state index contributed by atoms with van der Waals surface area (Å²) >= 11 is 0. The average molecular weight is 717 g/mol. The molecule has 0 N–H and O–H groups in total. The minimum Gasteiger partial charge on any atom is -0.462 e. The molecule has 0 fully saturated rings. The number of carbonyl (C=O) groups is 3. The summed E-state index contributed by atoms with van der Waals surface area (Å²) in [5.41, 5.74) is 0. The van der Waals surface area contributed by atoms with Crippen LogP contribution in [0.2, 0.25) is 0 Å². The van der Waals surface area contributed by atoms with E-state index in [-0.39, 0.29) is 31.1 Å². The Morgan fingerprint density at radius 1 is 0.412 bits per heavy atom. The van der Waals surface area contributed by atoms with E-state index in [4.69, 9.17) is 14.2 Å². The van der Waals surface area contributed by atoms with Crippen LogP contribution >= 0.6 is 0 Å². The molecule has 6 heteroatoms. The maximum Gasteiger partial charge on any atom is 0.306 e. The van der Waals surface area contributed by atoms with Crippen molar-refractivity contribution in [2.24, 2.45) is 0 Å². The molecule has 0 aromatic rings. The van der Waals surface area contributed by atoms with Gasteiger partial charge in [0.2, 0.25) is 0 Å². The lowest BCUT2D eigenvalue weighted by Gasteiger charge is -2.18. The predicted octanol–water partition coefficient (Wildman–Crippen LogP) is 13.4. The van der Waals surface area contributed by atoms with Gasteiger partial charge in [-0.15, -0.1) is 0 Å². The second-order valence-electron chi connectivity index (χ2n) is 14.2. The molecule has 51 heavy (non-hydrogen) atoms. The van der Waals surface area contributed by atoms with Crippen LogP contribution in [0, 0.1) is 0 Å². The standard InChI is InChI=1S/C45H80O6/c1-4-7-10-13-16-19-22-24-26-29-32-35-38-44(47)50-41-42(40-49-43(46)37-34-31-28-25-21-18-15-12-9-6-3)51-45(48)39-36-33-30-27-23-20-17-14-11-8-5-2/h7,10,16,19,24,26,42H,4-6,8-9,11-15,17-18,20-23,25,27-41H2,1-3H3/b10-7-,19-16-,26-24-. The average Bonchev–Trinajstić information content (AvgIpc) is 3.12. The van der Waals surface area contributed by atoms with E-state index in [1.54, 1.807) is 0 Å². The topological polar surface area (TPSA) is 78.9 Å². The first-order valence-electron chi connectivity index (χ1n) is 21.5. The van der Waals surface area contributed by atoms with Gasteiger partial charge in [0.05, 0.1) is 0 Å². The molecule has 0 saturated carbocycles. The van der Waals surface area contributed by atoms with Crippen LogP contribution in [0.25, 0.3) is 0 Å². The highest BCUT2D eigenvalue weighted by molar-refractivity contribution is 5.71. The zero-order valence-corrected chi connectivity index (χ0v) is 33.6. The number of hydrogen-bond donors (Lipinski definition) is 0. The highest BCUT2D eigenvalue weighted by Crippen LogP contribution is 2.14. The Morgan fingerprint density at radius 2 is 0.765 bits per heavy atom. The predicted molar refractivity (Wildman–Crippen MR) is 215 cm³/mol. The van der Waals surface area contributed by atoms with E-state index in [1.165, 1.54) is 96.3 Å². The molecule has 0 amide bonds. The molecule has 0 radical (unpaired) electrons. The van der Waals surface area contributed by atoms with Crippen molar-refractivity contribution < 1.29 is 28.6 Å². The summed E-state index contributed by atoms with van der Waals surface area (Å²) in [4.78, 5) is 37.6. The molecule has 0 rings (SSSR count). The smallest absolute Gasteiger partial charge is 0.306 e. The third kappa shape index (κ3) is 38.7. The highest BCUT2D eigenvalue weighted by atomic mass is 16.6. The van der Waals surface area contributed by atoms with Crippen LogP contribution < -0.4 is 0 Å². The maximum atomic E-state index is 12.7. The number of unbranched alkanes of at least 4 members (excludes halogenated alkanes) is 21. The quantitative estimate of drug-likeness (QED) is 0.0274. The van der Waals surface area contributed by atoms with E-state index in [1.807, 2.05) is 0 Å². The molecule has 1 atom stereocenters. The molecule has 0 heterocycles. The molecule has 0 aliphatic rings. The lowest BCUT2D eigenvalue weighted by molar-refractivity contribution is -0.167. The van der Waals surface area contributed by atoms with Crippen LogP contribution in [0.1, 0.15) is 213 Å². The summed E-state index contributed by atoms with van der Waals surface area (Å²) in [5, 5.41) is 0. The monoisotopic (exact) mass is 717 g/mol. The van der Waals surface area contributed by atoms with Crippen molar-refractivity contribution >= 4 is 17.9 Å². The van der Waals surface area contributed by atoms with Gasteiger partial charge in [0.1, 0.15) is 13.2 Å². The van der Waals surface area contributed by atoms with Crippen LogP contribution in [-0.4, -0.2) is 37.2 Å². The van der Waals surface area contributed by atoms with Gasteiger partial charge in [-0.3, -0.25) is 14.4 Å². The van der Waals surface area contributed by atoms with Crippen molar-refractivity contribution in [2.45, 2.75) is 219 Å². The van der Waals surface area contributed by atoms with Gasteiger partial charge in [-0.1, -0.05) is 179 Å². The molecular weight excluding hydrogens is 636 g/mol. The van der Waals surface area contributed by atoms with E-state index in [9.17, 15) is 14.4 Å². The van der Waals surface area contributed by atoms with E-state index >= 15 is 0 Å². The summed E-state index contributed by atoms with van der Waals surface area (Å²) in [6, 6.07) is 0. The fraction of sp³-hybridized carbons (Fsp3) is 0.800. The Labute approximate surface area is 315 Å². The van der Waals surface area contributed by atoms with Gasteiger partial charge in [0, 0.05) is 19.3 Å². The van der Waals surface area contributed by atoms with Crippen molar-refractivity contribution in [2.75, 3.05) is 13.2 Å². The fourth-order valence-electron chi connectivity index (χ4n) is 5.93. The Hall–Kier alpha value is -2.37. The van der Waals surface area contributed by atoms with Gasteiger partial charge in [-0.25, -0.2) is 0 Å². The fourth-order valence-corrected chi connectivity index (χ4v) is 5.93. The van der Waals surface area contributed by atoms with Gasteiger partial charge in [-0.05, 0) is 51.4 Å². The van der Waals surface area contributed by atoms with Crippen LogP contribution in [0.4, 0.5) is 0 Å². The number of hydrogen-bond acceptors (Lipinski definition) is 6. The first-order valence-corrected chi connectivity index (χ1v) is 21.5. The van der Waals surface area contributed by atoms with E-state index in [2.05, 4.69) is 57.2 Å². The zero-order chi connectivity index (χ0) is 37.3. The van der Waals surface area contributed by atoms with Crippen molar-refractivity contribution in [3.05, 3.63) is 36.5 Å². The molecule has 0 aliphatic heterocycles. The summed E-state index contributed by atoms with van der Waals surface area (Å²) < 4.78 is 16.6. The van der Waals surface area contributed by atoms with Crippen LogP contribution in [0.3, 0.4) is 0 Å². The second-order valence-corrected chi connectivity index (χ2v) is 14.2. The molecule has 6 nitrogen and oxygen atoms in total. The lowest BCUT2D eigenvalue weighted by atomic mass is 10.1. The molecule has 0 bridgehead atoms. The number of esters is 3. The summed E-state index contributed by atoms with van der Waals surface area (Å²) in [5.74, 6) is -0.925. The third-order valence-electron chi connectivity index (χ3n) is 9.16. The maximum absolute atomic E-state index is 12.7. The Morgan fingerprint density at radius 3 is 1.20 bits per heavy atom. The molecule has 296 valence electrons. The zero-order valence-electron chi connectivity index (χ0n) is 33.6. The van der Waals surface area contributed by atoms with Crippen molar-refractivity contribution in [3.63, 3.8) is 0 Å². The Kier molecular flexibility index (Phi) is 38.5. The first-order chi connectivity index (χ1) is 25.0. The number of rotatable bonds is 38. The summed E-state index contributed by atoms with van der Waals surface area (Å²) in [6.45, 7) is 6.45. The second kappa shape index (κ2) is 40.4. The SMILES string of the molecule is CC/C=C\C/C=C\C/C=C\CCCCC(=O)OCC(COC(=O)CCCCCCCCCCCC)OC(=O)CCCCCCCCCCCCC. The van der Waals surface area contributed by atoms with Gasteiger partial charge in [-0.2, -0.15) is 0 Å². The molecule has 0 aromatic carbocycles. The Balaban J connectivity index is 4.42.